The minimum Gasteiger partial charge on any atom is -0.340 e. The molecule has 0 bridgehead atoms. The number of fused-ring (bicyclic) bond motifs is 6. The summed E-state index contributed by atoms with van der Waals surface area (Å²) in [7, 11) is 0. The number of aromatic amines is 2. The monoisotopic (exact) mass is 321 g/mol. The predicted octanol–water partition coefficient (Wildman–Crippen LogP) is 2.94. The Morgan fingerprint density at radius 3 is 2.96 bits per heavy atom. The number of aromatic nitrogens is 4. The van der Waals surface area contributed by atoms with Crippen LogP contribution in [0.1, 0.15) is 18.7 Å². The molecule has 0 fully saturated rings. The van der Waals surface area contributed by atoms with E-state index in [1.807, 2.05) is 0 Å². The van der Waals surface area contributed by atoms with Crippen molar-refractivity contribution in [1.29, 1.82) is 5.26 Å². The van der Waals surface area contributed by atoms with Gasteiger partial charge in [0.1, 0.15) is 17.2 Å². The minimum absolute atomic E-state index is 0.321. The number of imidazole rings is 1. The molecule has 0 spiro atoms. The van der Waals surface area contributed by atoms with E-state index in [1.54, 1.807) is 6.07 Å². The van der Waals surface area contributed by atoms with Crippen molar-refractivity contribution in [3.05, 3.63) is 46.5 Å². The lowest BCUT2D eigenvalue weighted by Crippen LogP contribution is -2.07. The summed E-state index contributed by atoms with van der Waals surface area (Å²) in [6.45, 7) is 0. The van der Waals surface area contributed by atoms with Gasteiger partial charge in [-0.05, 0) is 24.6 Å². The van der Waals surface area contributed by atoms with Crippen molar-refractivity contribution in [2.75, 3.05) is 0 Å². The maximum absolute atomic E-state index is 13.7. The lowest BCUT2D eigenvalue weighted by atomic mass is 10.0. The average Bonchev–Trinajstić information content (AvgIpc) is 2.99. The largest absolute Gasteiger partial charge is 0.340 e. The molecule has 4 rings (SSSR count). The Kier molecular flexibility index (Phi) is 3.24. The summed E-state index contributed by atoms with van der Waals surface area (Å²) in [6, 6.07) is 6.41. The van der Waals surface area contributed by atoms with Crippen molar-refractivity contribution in [3.63, 3.8) is 0 Å². The molecule has 0 saturated heterocycles. The van der Waals surface area contributed by atoms with Crippen molar-refractivity contribution in [2.45, 2.75) is 19.3 Å². The van der Waals surface area contributed by atoms with Gasteiger partial charge in [0.25, 0.3) is 5.56 Å². The normalized spacial score (nSPS) is 11.3. The average molecular weight is 321 g/mol. The molecular weight excluding hydrogens is 309 g/mol. The molecular formula is C17H12FN5O. The van der Waals surface area contributed by atoms with Gasteiger partial charge < -0.3 is 9.97 Å². The van der Waals surface area contributed by atoms with Crippen LogP contribution in [0.2, 0.25) is 0 Å². The molecule has 2 aromatic carbocycles. The SMILES string of the molecule is N#CCCCc1nc2c3ccc(F)cc3c3c(=O)[nH]cnc3c2[nH]1. The first-order chi connectivity index (χ1) is 11.7. The van der Waals surface area contributed by atoms with Crippen LogP contribution in [0.4, 0.5) is 4.39 Å². The Morgan fingerprint density at radius 1 is 1.25 bits per heavy atom. The molecule has 0 radical (unpaired) electrons. The first-order valence-corrected chi connectivity index (χ1v) is 7.53. The third kappa shape index (κ3) is 2.12. The molecule has 2 N–H and O–H groups in total. The molecule has 6 nitrogen and oxygen atoms in total. The summed E-state index contributed by atoms with van der Waals surface area (Å²) in [4.78, 5) is 26.9. The number of H-pyrrole nitrogens is 2. The fraction of sp³-hybridized carbons (Fsp3) is 0.176. The van der Waals surface area contributed by atoms with Gasteiger partial charge in [-0.2, -0.15) is 5.26 Å². The highest BCUT2D eigenvalue weighted by Gasteiger charge is 2.16. The van der Waals surface area contributed by atoms with E-state index in [0.29, 0.717) is 52.0 Å². The van der Waals surface area contributed by atoms with Crippen LogP contribution < -0.4 is 5.56 Å². The van der Waals surface area contributed by atoms with Gasteiger partial charge in [-0.15, -0.1) is 0 Å². The van der Waals surface area contributed by atoms with E-state index in [0.717, 1.165) is 5.82 Å². The summed E-state index contributed by atoms with van der Waals surface area (Å²) in [5.74, 6) is 0.302. The molecule has 0 amide bonds. The molecule has 0 aliphatic heterocycles. The Morgan fingerprint density at radius 2 is 2.12 bits per heavy atom. The van der Waals surface area contributed by atoms with Crippen LogP contribution in [-0.4, -0.2) is 19.9 Å². The fourth-order valence-corrected chi connectivity index (χ4v) is 3.01. The minimum atomic E-state index is -0.420. The van der Waals surface area contributed by atoms with Crippen molar-refractivity contribution in [3.8, 4) is 6.07 Å². The maximum Gasteiger partial charge on any atom is 0.259 e. The second-order valence-electron chi connectivity index (χ2n) is 5.56. The number of halogens is 1. The van der Waals surface area contributed by atoms with E-state index in [2.05, 4.69) is 26.0 Å². The quantitative estimate of drug-likeness (QED) is 0.448. The third-order valence-electron chi connectivity index (χ3n) is 4.05. The molecule has 0 saturated carbocycles. The Hall–Kier alpha value is -3.27. The van der Waals surface area contributed by atoms with Gasteiger partial charge in [0.2, 0.25) is 0 Å². The van der Waals surface area contributed by atoms with Crippen LogP contribution in [0, 0.1) is 17.1 Å². The number of nitriles is 1. The third-order valence-corrected chi connectivity index (χ3v) is 4.05. The first kappa shape index (κ1) is 14.3. The van der Waals surface area contributed by atoms with E-state index in [9.17, 15) is 9.18 Å². The van der Waals surface area contributed by atoms with Gasteiger partial charge >= 0.3 is 0 Å². The van der Waals surface area contributed by atoms with Gasteiger partial charge in [0, 0.05) is 23.6 Å². The lowest BCUT2D eigenvalue weighted by Gasteiger charge is -2.04. The summed E-state index contributed by atoms with van der Waals surface area (Å²) < 4.78 is 13.7. The van der Waals surface area contributed by atoms with E-state index >= 15 is 0 Å². The zero-order chi connectivity index (χ0) is 16.7. The van der Waals surface area contributed by atoms with Crippen LogP contribution in [0.3, 0.4) is 0 Å². The molecule has 0 aliphatic carbocycles. The number of benzene rings is 2. The maximum atomic E-state index is 13.7. The Balaban J connectivity index is 2.10. The lowest BCUT2D eigenvalue weighted by molar-refractivity contribution is 0.630. The smallest absolute Gasteiger partial charge is 0.259 e. The summed E-state index contributed by atoms with van der Waals surface area (Å²) in [5.41, 5.74) is 1.45. The second kappa shape index (κ2) is 5.42. The van der Waals surface area contributed by atoms with Gasteiger partial charge in [0.15, 0.2) is 0 Å². The molecule has 2 heterocycles. The van der Waals surface area contributed by atoms with Crippen LogP contribution in [0.15, 0.2) is 29.3 Å². The molecule has 0 atom stereocenters. The van der Waals surface area contributed by atoms with E-state index in [-0.39, 0.29) is 5.56 Å². The number of hydrogen-bond donors (Lipinski definition) is 2. The van der Waals surface area contributed by atoms with Gasteiger partial charge in [-0.3, -0.25) is 4.79 Å². The Labute approximate surface area is 135 Å². The highest BCUT2D eigenvalue weighted by atomic mass is 19.1. The molecule has 118 valence electrons. The highest BCUT2D eigenvalue weighted by molar-refractivity contribution is 6.21. The fourth-order valence-electron chi connectivity index (χ4n) is 3.01. The summed E-state index contributed by atoms with van der Waals surface area (Å²) in [5, 5.41) is 10.2. The van der Waals surface area contributed by atoms with Crippen LogP contribution in [0.25, 0.3) is 32.7 Å². The molecule has 2 aromatic heterocycles. The van der Waals surface area contributed by atoms with Crippen LogP contribution in [-0.2, 0) is 6.42 Å². The van der Waals surface area contributed by atoms with Crippen molar-refractivity contribution in [2.24, 2.45) is 0 Å². The van der Waals surface area contributed by atoms with Gasteiger partial charge in [0.05, 0.1) is 28.8 Å². The van der Waals surface area contributed by atoms with E-state index in [1.165, 1.54) is 18.5 Å². The number of hydrogen-bond acceptors (Lipinski definition) is 4. The van der Waals surface area contributed by atoms with Crippen molar-refractivity contribution < 1.29 is 4.39 Å². The number of aryl methyl sites for hydroxylation is 1. The zero-order valence-electron chi connectivity index (χ0n) is 12.6. The molecule has 0 unspecified atom stereocenters. The number of unbranched alkanes of at least 4 members (excludes halogenated alkanes) is 1. The van der Waals surface area contributed by atoms with Gasteiger partial charge in [-0.25, -0.2) is 14.4 Å². The standard InChI is InChI=1S/C17H12FN5O/c18-9-4-5-10-11(7-9)13-15(20-8-21-17(13)24)16-14(10)22-12(23-16)3-1-2-6-19/h4-5,7-8H,1-3H2,(H,22,23)(H,20,21,24). The van der Waals surface area contributed by atoms with Crippen molar-refractivity contribution in [1.82, 2.24) is 19.9 Å². The number of rotatable bonds is 3. The second-order valence-corrected chi connectivity index (χ2v) is 5.56. The van der Waals surface area contributed by atoms with Crippen LogP contribution >= 0.6 is 0 Å². The Bertz CT molecular complexity index is 1180. The topological polar surface area (TPSA) is 98.2 Å². The highest BCUT2D eigenvalue weighted by Crippen LogP contribution is 2.31. The van der Waals surface area contributed by atoms with E-state index in [4.69, 9.17) is 5.26 Å². The molecule has 0 aliphatic rings. The first-order valence-electron chi connectivity index (χ1n) is 7.53. The van der Waals surface area contributed by atoms with Crippen LogP contribution in [0.5, 0.6) is 0 Å². The van der Waals surface area contributed by atoms with E-state index < -0.39 is 5.82 Å². The zero-order valence-corrected chi connectivity index (χ0v) is 12.6. The number of nitrogens with one attached hydrogen (secondary N) is 2. The molecule has 24 heavy (non-hydrogen) atoms. The molecule has 4 aromatic rings. The summed E-state index contributed by atoms with van der Waals surface area (Å²) >= 11 is 0. The van der Waals surface area contributed by atoms with Gasteiger partial charge in [-0.1, -0.05) is 0 Å². The predicted molar refractivity (Wildman–Crippen MR) is 88.0 cm³/mol. The van der Waals surface area contributed by atoms with Crippen molar-refractivity contribution >= 4 is 32.7 Å². The molecule has 7 heteroatoms. The number of nitrogens with zero attached hydrogens (tertiary/aromatic N) is 3. The summed E-state index contributed by atoms with van der Waals surface area (Å²) in [6.07, 6.45) is 3.08.